The molecule has 0 aliphatic carbocycles. The molecule has 0 aliphatic rings. The van der Waals surface area contributed by atoms with E-state index in [4.69, 9.17) is 13.9 Å². The van der Waals surface area contributed by atoms with E-state index in [-0.39, 0.29) is 23.0 Å². The summed E-state index contributed by atoms with van der Waals surface area (Å²) in [5.41, 5.74) is 2.90. The molecule has 2 N–H and O–H groups in total. The van der Waals surface area contributed by atoms with Crippen molar-refractivity contribution in [3.8, 4) is 17.2 Å². The van der Waals surface area contributed by atoms with Crippen molar-refractivity contribution in [1.29, 1.82) is 0 Å². The lowest BCUT2D eigenvalue weighted by atomic mass is 10.2. The molecule has 0 saturated carbocycles. The van der Waals surface area contributed by atoms with Crippen LogP contribution in [-0.2, 0) is 0 Å². The lowest BCUT2D eigenvalue weighted by Crippen LogP contribution is -2.16. The van der Waals surface area contributed by atoms with Crippen molar-refractivity contribution in [2.24, 2.45) is 5.10 Å². The molecule has 21 heavy (non-hydrogen) atoms. The number of carbonyl (C=O) groups is 1. The van der Waals surface area contributed by atoms with Gasteiger partial charge in [0.1, 0.15) is 0 Å². The van der Waals surface area contributed by atoms with E-state index >= 15 is 0 Å². The summed E-state index contributed by atoms with van der Waals surface area (Å²) in [6.45, 7) is 0. The Balaban J connectivity index is 2.12. The second-order valence-corrected chi connectivity index (χ2v) is 3.95. The molecule has 2 aromatic rings. The normalized spacial score (nSPS) is 10.6. The van der Waals surface area contributed by atoms with Gasteiger partial charge < -0.3 is 19.0 Å². The summed E-state index contributed by atoms with van der Waals surface area (Å²) in [5, 5.41) is 13.6. The molecule has 0 saturated heterocycles. The number of hydrogen-bond acceptors (Lipinski definition) is 6. The van der Waals surface area contributed by atoms with Gasteiger partial charge in [-0.1, -0.05) is 0 Å². The van der Waals surface area contributed by atoms with Crippen LogP contribution in [0.3, 0.4) is 0 Å². The molecule has 0 atom stereocenters. The highest BCUT2D eigenvalue weighted by atomic mass is 16.5. The topological polar surface area (TPSA) is 93.3 Å². The standard InChI is InChI=1S/C14H14N2O5/c1-19-11-6-9(7-12(20-2)13(11)17)8-15-16-14(18)10-4-3-5-21-10/h3-8,17H,1-2H3,(H,16,18)/b15-8+. The van der Waals surface area contributed by atoms with Crippen LogP contribution < -0.4 is 14.9 Å². The lowest BCUT2D eigenvalue weighted by Gasteiger charge is -2.09. The molecule has 0 unspecified atom stereocenters. The Bertz CT molecular complexity index is 624. The first-order valence-corrected chi connectivity index (χ1v) is 5.97. The van der Waals surface area contributed by atoms with Crippen LogP contribution in [0, 0.1) is 0 Å². The summed E-state index contributed by atoms with van der Waals surface area (Å²) < 4.78 is 15.0. The van der Waals surface area contributed by atoms with Crippen LogP contribution in [0.2, 0.25) is 0 Å². The molecule has 7 nitrogen and oxygen atoms in total. The number of aromatic hydroxyl groups is 1. The minimum absolute atomic E-state index is 0.100. The van der Waals surface area contributed by atoms with E-state index in [0.29, 0.717) is 5.56 Å². The van der Waals surface area contributed by atoms with Gasteiger partial charge in [-0.3, -0.25) is 4.79 Å². The van der Waals surface area contributed by atoms with Crippen LogP contribution >= 0.6 is 0 Å². The number of nitrogens with zero attached hydrogens (tertiary/aromatic N) is 1. The molecule has 110 valence electrons. The zero-order chi connectivity index (χ0) is 15.2. The van der Waals surface area contributed by atoms with E-state index in [9.17, 15) is 9.90 Å². The Kier molecular flexibility index (Phi) is 4.45. The second-order valence-electron chi connectivity index (χ2n) is 3.95. The zero-order valence-corrected chi connectivity index (χ0v) is 11.5. The zero-order valence-electron chi connectivity index (χ0n) is 11.5. The Labute approximate surface area is 120 Å². The van der Waals surface area contributed by atoms with Gasteiger partial charge in [-0.2, -0.15) is 5.10 Å². The first kappa shape index (κ1) is 14.4. The van der Waals surface area contributed by atoms with Gasteiger partial charge in [-0.25, -0.2) is 5.43 Å². The van der Waals surface area contributed by atoms with Crippen LogP contribution in [0.5, 0.6) is 17.2 Å². The quantitative estimate of drug-likeness (QED) is 0.646. The monoisotopic (exact) mass is 290 g/mol. The molecule has 1 heterocycles. The third kappa shape index (κ3) is 3.33. The Morgan fingerprint density at radius 3 is 2.52 bits per heavy atom. The number of benzene rings is 1. The average Bonchev–Trinajstić information content (AvgIpc) is 3.02. The molecule has 2 rings (SSSR count). The number of carbonyl (C=O) groups excluding carboxylic acids is 1. The van der Waals surface area contributed by atoms with Gasteiger partial charge in [-0.15, -0.1) is 0 Å². The first-order valence-electron chi connectivity index (χ1n) is 5.97. The van der Waals surface area contributed by atoms with Gasteiger partial charge in [-0.05, 0) is 24.3 Å². The number of nitrogens with one attached hydrogen (secondary N) is 1. The van der Waals surface area contributed by atoms with Gasteiger partial charge in [0.15, 0.2) is 17.3 Å². The van der Waals surface area contributed by atoms with Gasteiger partial charge >= 0.3 is 5.91 Å². The third-order valence-corrected chi connectivity index (χ3v) is 2.63. The summed E-state index contributed by atoms with van der Waals surface area (Å²) in [5.74, 6) is 0.0834. The molecule has 0 aliphatic heterocycles. The molecule has 0 radical (unpaired) electrons. The Morgan fingerprint density at radius 1 is 1.33 bits per heavy atom. The van der Waals surface area contributed by atoms with E-state index in [0.717, 1.165) is 0 Å². The van der Waals surface area contributed by atoms with Crippen LogP contribution in [0.1, 0.15) is 16.1 Å². The number of furan rings is 1. The van der Waals surface area contributed by atoms with E-state index in [1.54, 1.807) is 18.2 Å². The highest BCUT2D eigenvalue weighted by molar-refractivity contribution is 5.92. The maximum absolute atomic E-state index is 11.6. The van der Waals surface area contributed by atoms with E-state index in [1.165, 1.54) is 32.8 Å². The first-order chi connectivity index (χ1) is 10.2. The predicted molar refractivity (Wildman–Crippen MR) is 75.0 cm³/mol. The number of rotatable bonds is 5. The number of methoxy groups -OCH3 is 2. The SMILES string of the molecule is COc1cc(/C=N/NC(=O)c2ccco2)cc(OC)c1O. The van der Waals surface area contributed by atoms with Gasteiger partial charge in [0.25, 0.3) is 0 Å². The molecule has 0 fully saturated rings. The van der Waals surface area contributed by atoms with Crippen LogP contribution in [0.25, 0.3) is 0 Å². The summed E-state index contributed by atoms with van der Waals surface area (Å²) >= 11 is 0. The highest BCUT2D eigenvalue weighted by Crippen LogP contribution is 2.36. The number of hydrazone groups is 1. The van der Waals surface area contributed by atoms with Crippen molar-refractivity contribution in [2.45, 2.75) is 0 Å². The molecule has 7 heteroatoms. The number of amides is 1. The minimum Gasteiger partial charge on any atom is -0.502 e. The fourth-order valence-corrected chi connectivity index (χ4v) is 1.62. The van der Waals surface area contributed by atoms with Crippen LogP contribution in [-0.4, -0.2) is 31.4 Å². The summed E-state index contributed by atoms with van der Waals surface area (Å²) in [7, 11) is 2.85. The van der Waals surface area contributed by atoms with Crippen molar-refractivity contribution < 1.29 is 23.8 Å². The number of hydrogen-bond donors (Lipinski definition) is 2. The summed E-state index contributed by atoms with van der Waals surface area (Å²) in [6.07, 6.45) is 2.79. The molecule has 0 bridgehead atoms. The van der Waals surface area contributed by atoms with Crippen LogP contribution in [0.4, 0.5) is 0 Å². The molecular formula is C14H14N2O5. The number of phenolic OH excluding ortho intramolecular Hbond substituents is 1. The predicted octanol–water partition coefficient (Wildman–Crippen LogP) is 1.77. The largest absolute Gasteiger partial charge is 0.502 e. The van der Waals surface area contributed by atoms with Crippen molar-refractivity contribution in [1.82, 2.24) is 5.43 Å². The van der Waals surface area contributed by atoms with Gasteiger partial charge in [0.2, 0.25) is 5.75 Å². The molecule has 1 aromatic heterocycles. The number of phenols is 1. The summed E-state index contributed by atoms with van der Waals surface area (Å²) in [6, 6.07) is 6.24. The Morgan fingerprint density at radius 2 is 2.00 bits per heavy atom. The fraction of sp³-hybridized carbons (Fsp3) is 0.143. The smallest absolute Gasteiger partial charge is 0.307 e. The van der Waals surface area contributed by atoms with Crippen molar-refractivity contribution in [3.63, 3.8) is 0 Å². The average molecular weight is 290 g/mol. The highest BCUT2D eigenvalue weighted by Gasteiger charge is 2.10. The van der Waals surface area contributed by atoms with Gasteiger partial charge in [0.05, 0.1) is 26.7 Å². The Hall–Kier alpha value is -2.96. The van der Waals surface area contributed by atoms with Crippen LogP contribution in [0.15, 0.2) is 40.0 Å². The maximum atomic E-state index is 11.6. The third-order valence-electron chi connectivity index (χ3n) is 2.63. The van der Waals surface area contributed by atoms with Crippen molar-refractivity contribution in [2.75, 3.05) is 14.2 Å². The van der Waals surface area contributed by atoms with Crippen molar-refractivity contribution >= 4 is 12.1 Å². The lowest BCUT2D eigenvalue weighted by molar-refractivity contribution is 0.0927. The van der Waals surface area contributed by atoms with E-state index in [2.05, 4.69) is 10.5 Å². The van der Waals surface area contributed by atoms with Gasteiger partial charge in [0, 0.05) is 5.56 Å². The van der Waals surface area contributed by atoms with E-state index in [1.807, 2.05) is 0 Å². The van der Waals surface area contributed by atoms with E-state index < -0.39 is 5.91 Å². The molecule has 0 spiro atoms. The molecule has 1 amide bonds. The summed E-state index contributed by atoms with van der Waals surface area (Å²) in [4.78, 5) is 11.6. The molecular weight excluding hydrogens is 276 g/mol. The molecule has 1 aromatic carbocycles. The second kappa shape index (κ2) is 6.47. The fourth-order valence-electron chi connectivity index (χ4n) is 1.62. The maximum Gasteiger partial charge on any atom is 0.307 e. The number of ether oxygens (including phenoxy) is 2. The minimum atomic E-state index is -0.464. The van der Waals surface area contributed by atoms with Crippen molar-refractivity contribution in [3.05, 3.63) is 41.9 Å².